The Bertz CT molecular complexity index is 1350. The minimum absolute atomic E-state index is 0.0253. The average molecular weight is 615 g/mol. The van der Waals surface area contributed by atoms with Gasteiger partial charge in [0.05, 0.1) is 30.2 Å². The molecule has 0 saturated heterocycles. The lowest BCUT2D eigenvalue weighted by Gasteiger charge is -2.36. The van der Waals surface area contributed by atoms with Crippen molar-refractivity contribution in [2.75, 3.05) is 19.7 Å². The molecule has 4 rings (SSSR count). The van der Waals surface area contributed by atoms with E-state index in [1.165, 1.54) is 5.01 Å². The summed E-state index contributed by atoms with van der Waals surface area (Å²) < 4.78 is 33.1. The van der Waals surface area contributed by atoms with Crippen LogP contribution in [0, 0.1) is 11.8 Å². The third-order valence-corrected chi connectivity index (χ3v) is 10.0. The molecule has 0 bridgehead atoms. The molecule has 1 unspecified atom stereocenters. The predicted octanol–water partition coefficient (Wildman–Crippen LogP) is 2.60. The molecule has 1 heterocycles. The molecule has 236 valence electrons. The van der Waals surface area contributed by atoms with Gasteiger partial charge in [0, 0.05) is 25.4 Å². The first-order valence-electron chi connectivity index (χ1n) is 15.3. The lowest BCUT2D eigenvalue weighted by atomic mass is 9.99. The second-order valence-electron chi connectivity index (χ2n) is 12.4. The van der Waals surface area contributed by atoms with E-state index in [0.29, 0.717) is 24.8 Å². The van der Waals surface area contributed by atoms with Gasteiger partial charge in [0.15, 0.2) is 9.84 Å². The van der Waals surface area contributed by atoms with E-state index in [2.05, 4.69) is 16.1 Å². The van der Waals surface area contributed by atoms with Crippen molar-refractivity contribution in [2.24, 2.45) is 11.8 Å². The zero-order chi connectivity index (χ0) is 31.1. The molecule has 0 spiro atoms. The number of hydrazine groups is 1. The third-order valence-electron chi connectivity index (χ3n) is 7.75. The van der Waals surface area contributed by atoms with Gasteiger partial charge in [-0.05, 0) is 60.4 Å². The van der Waals surface area contributed by atoms with Gasteiger partial charge in [-0.1, -0.05) is 58.0 Å². The lowest BCUT2D eigenvalue weighted by Crippen LogP contribution is -2.60. The SMILES string of the molecule is CC(C)CC(=O)N(NC(=O)CNC1CC1)[C@@H](Cc1ccccc1)[C@H](O)CNC(C(C)C)S(=O)(=O)c1ccc2c(c1)CCO2. The first kappa shape index (κ1) is 32.9. The van der Waals surface area contributed by atoms with Gasteiger partial charge >= 0.3 is 0 Å². The average Bonchev–Trinajstić information content (AvgIpc) is 3.67. The molecule has 2 aromatic carbocycles. The minimum atomic E-state index is -3.82. The van der Waals surface area contributed by atoms with Crippen molar-refractivity contribution in [2.45, 2.75) is 88.3 Å². The van der Waals surface area contributed by atoms with E-state index in [4.69, 9.17) is 4.74 Å². The predicted molar refractivity (Wildman–Crippen MR) is 165 cm³/mol. The van der Waals surface area contributed by atoms with Crippen LogP contribution in [-0.2, 0) is 32.3 Å². The Labute approximate surface area is 255 Å². The van der Waals surface area contributed by atoms with Gasteiger partial charge in [-0.15, -0.1) is 0 Å². The summed E-state index contributed by atoms with van der Waals surface area (Å²) >= 11 is 0. The minimum Gasteiger partial charge on any atom is -0.493 e. The van der Waals surface area contributed by atoms with Crippen LogP contribution in [0.25, 0.3) is 0 Å². The number of ether oxygens (including phenoxy) is 1. The van der Waals surface area contributed by atoms with Crippen LogP contribution in [0.5, 0.6) is 5.75 Å². The highest BCUT2D eigenvalue weighted by atomic mass is 32.2. The van der Waals surface area contributed by atoms with E-state index in [0.717, 1.165) is 24.0 Å². The van der Waals surface area contributed by atoms with Crippen LogP contribution >= 0.6 is 0 Å². The number of carbonyl (C=O) groups is 2. The molecule has 2 aliphatic rings. The van der Waals surface area contributed by atoms with E-state index in [1.54, 1.807) is 18.2 Å². The Morgan fingerprint density at radius 2 is 1.79 bits per heavy atom. The molecular weight excluding hydrogens is 568 g/mol. The van der Waals surface area contributed by atoms with Crippen molar-refractivity contribution in [1.29, 1.82) is 0 Å². The highest BCUT2D eigenvalue weighted by Crippen LogP contribution is 2.30. The molecule has 4 N–H and O–H groups in total. The fourth-order valence-corrected chi connectivity index (χ4v) is 7.18. The summed E-state index contributed by atoms with van der Waals surface area (Å²) in [5, 5.41) is 18.2. The van der Waals surface area contributed by atoms with Crippen LogP contribution in [-0.4, -0.2) is 73.6 Å². The maximum Gasteiger partial charge on any atom is 0.252 e. The summed E-state index contributed by atoms with van der Waals surface area (Å²) in [5.74, 6) is -0.278. The number of rotatable bonds is 15. The topological polar surface area (TPSA) is 137 Å². The molecule has 2 aromatic rings. The molecule has 3 atom stereocenters. The molecule has 43 heavy (non-hydrogen) atoms. The Morgan fingerprint density at radius 3 is 2.44 bits per heavy atom. The van der Waals surface area contributed by atoms with Gasteiger partial charge < -0.3 is 15.2 Å². The zero-order valence-corrected chi connectivity index (χ0v) is 26.4. The number of amides is 2. The van der Waals surface area contributed by atoms with Crippen LogP contribution in [0.4, 0.5) is 0 Å². The first-order valence-corrected chi connectivity index (χ1v) is 16.8. The molecule has 1 aliphatic heterocycles. The number of fused-ring (bicyclic) bond motifs is 1. The molecule has 1 saturated carbocycles. The number of nitrogens with zero attached hydrogens (tertiary/aromatic N) is 1. The van der Waals surface area contributed by atoms with Crippen molar-refractivity contribution in [3.8, 4) is 5.75 Å². The van der Waals surface area contributed by atoms with Gasteiger partial charge in [-0.3, -0.25) is 20.3 Å². The maximum atomic E-state index is 13.8. The number of hydrogen-bond donors (Lipinski definition) is 4. The van der Waals surface area contributed by atoms with Crippen molar-refractivity contribution in [3.63, 3.8) is 0 Å². The number of aliphatic hydroxyl groups is 1. The summed E-state index contributed by atoms with van der Waals surface area (Å²) in [6.07, 6.45) is 1.92. The normalized spacial score (nSPS) is 16.8. The number of carbonyl (C=O) groups excluding carboxylic acids is 2. The summed E-state index contributed by atoms with van der Waals surface area (Å²) in [6.45, 7) is 7.92. The number of nitrogens with one attached hydrogen (secondary N) is 3. The van der Waals surface area contributed by atoms with Crippen molar-refractivity contribution < 1.29 is 27.9 Å². The van der Waals surface area contributed by atoms with Crippen molar-refractivity contribution in [3.05, 3.63) is 59.7 Å². The van der Waals surface area contributed by atoms with Gasteiger partial charge in [0.1, 0.15) is 11.1 Å². The summed E-state index contributed by atoms with van der Waals surface area (Å²) in [7, 11) is -3.82. The van der Waals surface area contributed by atoms with Gasteiger partial charge in [0.2, 0.25) is 5.91 Å². The quantitative estimate of drug-likeness (QED) is 0.225. The van der Waals surface area contributed by atoms with E-state index >= 15 is 0 Å². The molecule has 0 radical (unpaired) electrons. The lowest BCUT2D eigenvalue weighted by molar-refractivity contribution is -0.148. The smallest absolute Gasteiger partial charge is 0.252 e. The molecule has 1 fully saturated rings. The molecule has 1 aliphatic carbocycles. The van der Waals surface area contributed by atoms with E-state index in [9.17, 15) is 23.1 Å². The number of aliphatic hydroxyl groups excluding tert-OH is 1. The Hall–Kier alpha value is -2.99. The number of benzene rings is 2. The molecular formula is C32H46N4O6S. The molecule has 0 aromatic heterocycles. The van der Waals surface area contributed by atoms with E-state index < -0.39 is 27.4 Å². The second-order valence-corrected chi connectivity index (χ2v) is 14.4. The summed E-state index contributed by atoms with van der Waals surface area (Å²) in [5.41, 5.74) is 4.49. The Morgan fingerprint density at radius 1 is 1.07 bits per heavy atom. The van der Waals surface area contributed by atoms with Crippen LogP contribution in [0.3, 0.4) is 0 Å². The van der Waals surface area contributed by atoms with E-state index in [1.807, 2.05) is 58.0 Å². The van der Waals surface area contributed by atoms with Crippen molar-refractivity contribution >= 4 is 21.7 Å². The van der Waals surface area contributed by atoms with Crippen molar-refractivity contribution in [1.82, 2.24) is 21.1 Å². The molecule has 10 nitrogen and oxygen atoms in total. The first-order chi connectivity index (χ1) is 20.5. The number of sulfone groups is 1. The van der Waals surface area contributed by atoms with E-state index in [-0.39, 0.29) is 54.5 Å². The van der Waals surface area contributed by atoms with Crippen LogP contribution in [0.1, 0.15) is 58.1 Å². The monoisotopic (exact) mass is 614 g/mol. The maximum absolute atomic E-state index is 13.8. The van der Waals surface area contributed by atoms with Gasteiger partial charge in [-0.2, -0.15) is 0 Å². The van der Waals surface area contributed by atoms with Crippen LogP contribution < -0.4 is 20.8 Å². The zero-order valence-electron chi connectivity index (χ0n) is 25.6. The fraction of sp³-hybridized carbons (Fsp3) is 0.562. The largest absolute Gasteiger partial charge is 0.493 e. The second kappa shape index (κ2) is 14.7. The highest BCUT2D eigenvalue weighted by molar-refractivity contribution is 7.92. The molecule has 2 amide bonds. The van der Waals surface area contributed by atoms with Gasteiger partial charge in [-0.25, -0.2) is 13.4 Å². The van der Waals surface area contributed by atoms with Crippen LogP contribution in [0.15, 0.2) is 53.4 Å². The summed E-state index contributed by atoms with van der Waals surface area (Å²) in [4.78, 5) is 26.6. The van der Waals surface area contributed by atoms with Gasteiger partial charge in [0.25, 0.3) is 5.91 Å². The third kappa shape index (κ3) is 9.01. The van der Waals surface area contributed by atoms with Crippen LogP contribution in [0.2, 0.25) is 0 Å². The highest BCUT2D eigenvalue weighted by Gasteiger charge is 2.36. The fourth-order valence-electron chi connectivity index (χ4n) is 5.29. The summed E-state index contributed by atoms with van der Waals surface area (Å²) in [6, 6.07) is 13.8. The number of hydrogen-bond acceptors (Lipinski definition) is 8. The standard InChI is InChI=1S/C32H46N4O6S/c1-21(2)16-31(39)36(35-30(38)20-33-25-10-11-25)27(17-23-8-6-5-7-9-23)28(37)19-34-32(22(3)4)43(40,41)26-12-13-29-24(18-26)14-15-42-29/h5-9,12-13,18,21-22,25,27-28,32-34,37H,10-11,14-17,19-20H2,1-4H3,(H,35,38)/t27-,28+,32?/m0/s1. The molecule has 11 heteroatoms. The Kier molecular flexibility index (Phi) is 11.2. The Balaban J connectivity index is 1.56.